The van der Waals surface area contributed by atoms with Crippen LogP contribution in [0.2, 0.25) is 0 Å². The summed E-state index contributed by atoms with van der Waals surface area (Å²) < 4.78 is 1.47. The van der Waals surface area contributed by atoms with Crippen molar-refractivity contribution in [1.29, 1.82) is 0 Å². The van der Waals surface area contributed by atoms with Gasteiger partial charge in [0.1, 0.15) is 5.75 Å². The number of hydrogen-bond acceptors (Lipinski definition) is 3. The Morgan fingerprint density at radius 2 is 1.83 bits per heavy atom. The van der Waals surface area contributed by atoms with E-state index < -0.39 is 0 Å². The summed E-state index contributed by atoms with van der Waals surface area (Å²) in [5.41, 5.74) is 3.20. The molecule has 0 aliphatic carbocycles. The Bertz CT molecular complexity index is 627. The van der Waals surface area contributed by atoms with E-state index in [-0.39, 0.29) is 11.3 Å². The van der Waals surface area contributed by atoms with Gasteiger partial charge in [0, 0.05) is 17.7 Å². The van der Waals surface area contributed by atoms with Crippen molar-refractivity contribution in [3.05, 3.63) is 45.9 Å². The van der Waals surface area contributed by atoms with Gasteiger partial charge in [-0.05, 0) is 38.5 Å². The van der Waals surface area contributed by atoms with Crippen LogP contribution in [0.4, 0.5) is 0 Å². The second-order valence-corrected chi connectivity index (χ2v) is 4.25. The van der Waals surface area contributed by atoms with Gasteiger partial charge in [0.15, 0.2) is 0 Å². The second kappa shape index (κ2) is 4.64. The highest BCUT2D eigenvalue weighted by Crippen LogP contribution is 2.25. The molecular formula is C14H16N2O2. The van der Waals surface area contributed by atoms with Crippen molar-refractivity contribution in [1.82, 2.24) is 9.78 Å². The number of aromatic hydroxyl groups is 1. The maximum absolute atomic E-state index is 12.1. The van der Waals surface area contributed by atoms with Gasteiger partial charge in [0.05, 0.1) is 5.69 Å². The standard InChI is InChI=1S/C14H16N2O2/c1-4-16-14(18)9(2)13(10(3)15-16)11-5-7-12(17)8-6-11/h5-8,17H,4H2,1-3H3. The highest BCUT2D eigenvalue weighted by atomic mass is 16.3. The number of benzene rings is 1. The lowest BCUT2D eigenvalue weighted by molar-refractivity contribution is 0.475. The fourth-order valence-corrected chi connectivity index (χ4v) is 2.12. The van der Waals surface area contributed by atoms with Crippen molar-refractivity contribution in [2.24, 2.45) is 0 Å². The van der Waals surface area contributed by atoms with Crippen LogP contribution in [0.15, 0.2) is 29.1 Å². The molecule has 1 heterocycles. The van der Waals surface area contributed by atoms with E-state index in [0.29, 0.717) is 12.1 Å². The first kappa shape index (κ1) is 12.4. The summed E-state index contributed by atoms with van der Waals surface area (Å²) >= 11 is 0. The molecule has 18 heavy (non-hydrogen) atoms. The van der Waals surface area contributed by atoms with Crippen molar-refractivity contribution < 1.29 is 5.11 Å². The van der Waals surface area contributed by atoms with Crippen molar-refractivity contribution in [2.45, 2.75) is 27.3 Å². The predicted octanol–water partition coefficient (Wildman–Crippen LogP) is 2.25. The van der Waals surface area contributed by atoms with Crippen LogP contribution >= 0.6 is 0 Å². The minimum atomic E-state index is -0.0637. The van der Waals surface area contributed by atoms with E-state index in [4.69, 9.17) is 0 Å². The lowest BCUT2D eigenvalue weighted by Crippen LogP contribution is -2.26. The third-order valence-electron chi connectivity index (χ3n) is 3.02. The molecule has 2 rings (SSSR count). The number of rotatable bonds is 2. The molecule has 2 aromatic rings. The molecule has 0 bridgehead atoms. The van der Waals surface area contributed by atoms with Crippen molar-refractivity contribution in [3.63, 3.8) is 0 Å². The van der Waals surface area contributed by atoms with E-state index in [1.807, 2.05) is 20.8 Å². The summed E-state index contributed by atoms with van der Waals surface area (Å²) in [5.74, 6) is 0.212. The molecule has 0 unspecified atom stereocenters. The molecular weight excluding hydrogens is 228 g/mol. The van der Waals surface area contributed by atoms with Gasteiger partial charge in [0.2, 0.25) is 0 Å². The zero-order valence-corrected chi connectivity index (χ0v) is 10.8. The van der Waals surface area contributed by atoms with E-state index in [1.165, 1.54) is 4.68 Å². The van der Waals surface area contributed by atoms with E-state index in [2.05, 4.69) is 5.10 Å². The van der Waals surface area contributed by atoms with Gasteiger partial charge in [-0.2, -0.15) is 5.10 Å². The lowest BCUT2D eigenvalue weighted by atomic mass is 10.0. The highest BCUT2D eigenvalue weighted by molar-refractivity contribution is 5.69. The van der Waals surface area contributed by atoms with Crippen LogP contribution in [0.1, 0.15) is 18.2 Å². The monoisotopic (exact) mass is 244 g/mol. The van der Waals surface area contributed by atoms with Gasteiger partial charge >= 0.3 is 0 Å². The third-order valence-corrected chi connectivity index (χ3v) is 3.02. The first-order valence-electron chi connectivity index (χ1n) is 5.92. The van der Waals surface area contributed by atoms with Crippen LogP contribution in [0.25, 0.3) is 11.1 Å². The van der Waals surface area contributed by atoms with Crippen molar-refractivity contribution in [2.75, 3.05) is 0 Å². The molecule has 1 N–H and O–H groups in total. The fourth-order valence-electron chi connectivity index (χ4n) is 2.12. The van der Waals surface area contributed by atoms with E-state index in [0.717, 1.165) is 16.8 Å². The zero-order chi connectivity index (χ0) is 13.3. The molecule has 94 valence electrons. The summed E-state index contributed by atoms with van der Waals surface area (Å²) in [5, 5.41) is 13.6. The van der Waals surface area contributed by atoms with Crippen LogP contribution < -0.4 is 5.56 Å². The molecule has 0 aliphatic rings. The Balaban J connectivity index is 2.69. The lowest BCUT2D eigenvalue weighted by Gasteiger charge is -2.11. The van der Waals surface area contributed by atoms with Crippen LogP contribution in [0.3, 0.4) is 0 Å². The number of hydrogen-bond donors (Lipinski definition) is 1. The van der Waals surface area contributed by atoms with Gasteiger partial charge in [-0.25, -0.2) is 4.68 Å². The molecule has 0 amide bonds. The smallest absolute Gasteiger partial charge is 0.270 e. The Morgan fingerprint density at radius 3 is 2.39 bits per heavy atom. The molecule has 0 radical (unpaired) electrons. The number of aryl methyl sites for hydroxylation is 2. The van der Waals surface area contributed by atoms with E-state index in [9.17, 15) is 9.90 Å². The molecule has 1 aromatic heterocycles. The van der Waals surface area contributed by atoms with Crippen LogP contribution in [-0.4, -0.2) is 14.9 Å². The van der Waals surface area contributed by atoms with Gasteiger partial charge in [-0.15, -0.1) is 0 Å². The maximum atomic E-state index is 12.1. The van der Waals surface area contributed by atoms with Gasteiger partial charge in [-0.1, -0.05) is 12.1 Å². The average Bonchev–Trinajstić information content (AvgIpc) is 2.36. The summed E-state index contributed by atoms with van der Waals surface area (Å²) in [6, 6.07) is 6.81. The minimum Gasteiger partial charge on any atom is -0.508 e. The summed E-state index contributed by atoms with van der Waals surface area (Å²) in [4.78, 5) is 12.1. The SMILES string of the molecule is CCn1nc(C)c(-c2ccc(O)cc2)c(C)c1=O. The number of phenolic OH excluding ortho intramolecular Hbond substituents is 1. The minimum absolute atomic E-state index is 0.0637. The topological polar surface area (TPSA) is 55.1 Å². The van der Waals surface area contributed by atoms with Gasteiger partial charge in [-0.3, -0.25) is 4.79 Å². The highest BCUT2D eigenvalue weighted by Gasteiger charge is 2.12. The Kier molecular flexibility index (Phi) is 3.19. The van der Waals surface area contributed by atoms with Crippen LogP contribution in [-0.2, 0) is 6.54 Å². The van der Waals surface area contributed by atoms with Crippen LogP contribution in [0.5, 0.6) is 5.75 Å². The van der Waals surface area contributed by atoms with Crippen molar-refractivity contribution in [3.8, 4) is 16.9 Å². The Labute approximate surface area is 106 Å². The average molecular weight is 244 g/mol. The number of aromatic nitrogens is 2. The first-order valence-corrected chi connectivity index (χ1v) is 5.92. The molecule has 4 nitrogen and oxygen atoms in total. The van der Waals surface area contributed by atoms with Crippen molar-refractivity contribution >= 4 is 0 Å². The predicted molar refractivity (Wildman–Crippen MR) is 70.7 cm³/mol. The quantitative estimate of drug-likeness (QED) is 0.881. The summed E-state index contributed by atoms with van der Waals surface area (Å²) in [6.07, 6.45) is 0. The molecule has 0 saturated heterocycles. The Morgan fingerprint density at radius 1 is 1.22 bits per heavy atom. The summed E-state index contributed by atoms with van der Waals surface area (Å²) in [7, 11) is 0. The molecule has 0 atom stereocenters. The normalized spacial score (nSPS) is 10.6. The zero-order valence-electron chi connectivity index (χ0n) is 10.8. The fraction of sp³-hybridized carbons (Fsp3) is 0.286. The van der Waals surface area contributed by atoms with E-state index in [1.54, 1.807) is 24.3 Å². The molecule has 1 aromatic carbocycles. The van der Waals surface area contributed by atoms with Crippen LogP contribution in [0, 0.1) is 13.8 Å². The molecule has 0 spiro atoms. The largest absolute Gasteiger partial charge is 0.508 e. The second-order valence-electron chi connectivity index (χ2n) is 4.25. The number of nitrogens with zero attached hydrogens (tertiary/aromatic N) is 2. The number of phenols is 1. The first-order chi connectivity index (χ1) is 8.54. The Hall–Kier alpha value is -2.10. The molecule has 0 aliphatic heterocycles. The van der Waals surface area contributed by atoms with E-state index >= 15 is 0 Å². The summed E-state index contributed by atoms with van der Waals surface area (Å²) in [6.45, 7) is 6.16. The molecule has 0 saturated carbocycles. The molecule has 4 heteroatoms. The third kappa shape index (κ3) is 2.01. The van der Waals surface area contributed by atoms with Gasteiger partial charge in [0.25, 0.3) is 5.56 Å². The molecule has 0 fully saturated rings. The maximum Gasteiger partial charge on any atom is 0.270 e. The van der Waals surface area contributed by atoms with Gasteiger partial charge < -0.3 is 5.11 Å².